The Morgan fingerprint density at radius 3 is 2.27 bits per heavy atom. The Hall–Kier alpha value is -1.87. The van der Waals surface area contributed by atoms with Gasteiger partial charge in [0.15, 0.2) is 0 Å². The lowest BCUT2D eigenvalue weighted by atomic mass is 9.94. The summed E-state index contributed by atoms with van der Waals surface area (Å²) in [6.45, 7) is 11.9. The van der Waals surface area contributed by atoms with Crippen LogP contribution in [0.1, 0.15) is 50.4 Å². The van der Waals surface area contributed by atoms with E-state index >= 15 is 0 Å². The molecule has 0 fully saturated rings. The first-order valence-corrected chi connectivity index (χ1v) is 7.75. The molecule has 3 nitrogen and oxygen atoms in total. The summed E-state index contributed by atoms with van der Waals surface area (Å²) in [4.78, 5) is 12.9. The lowest BCUT2D eigenvalue weighted by molar-refractivity contribution is 0.517. The minimum absolute atomic E-state index is 0.000839. The van der Waals surface area contributed by atoms with Gasteiger partial charge in [-0.3, -0.25) is 4.79 Å². The zero-order valence-corrected chi connectivity index (χ0v) is 14.4. The first-order valence-electron chi connectivity index (χ1n) is 7.75. The van der Waals surface area contributed by atoms with Gasteiger partial charge in [0, 0.05) is 22.7 Å². The minimum atomic E-state index is -0.645. The smallest absolute Gasteiger partial charge is 0.256 e. The summed E-state index contributed by atoms with van der Waals surface area (Å²) in [5.41, 5.74) is 10.6. The molecule has 0 spiro atoms. The fourth-order valence-corrected chi connectivity index (χ4v) is 2.79. The summed E-state index contributed by atoms with van der Waals surface area (Å²) < 4.78 is 1.85. The molecule has 1 heterocycles. The van der Waals surface area contributed by atoms with Crippen LogP contribution in [0.15, 0.2) is 35.1 Å². The molecule has 22 heavy (non-hydrogen) atoms. The Morgan fingerprint density at radius 1 is 1.09 bits per heavy atom. The van der Waals surface area contributed by atoms with Crippen molar-refractivity contribution < 1.29 is 0 Å². The predicted molar refractivity (Wildman–Crippen MR) is 93.2 cm³/mol. The van der Waals surface area contributed by atoms with Gasteiger partial charge in [-0.15, -0.1) is 0 Å². The summed E-state index contributed by atoms with van der Waals surface area (Å²) in [6, 6.07) is 10.3. The Bertz CT molecular complexity index is 749. The molecule has 0 aliphatic carbocycles. The van der Waals surface area contributed by atoms with E-state index in [1.807, 2.05) is 44.4 Å². The van der Waals surface area contributed by atoms with Gasteiger partial charge in [0.1, 0.15) is 0 Å². The summed E-state index contributed by atoms with van der Waals surface area (Å²) in [7, 11) is 0. The molecule has 0 aliphatic heterocycles. The fourth-order valence-electron chi connectivity index (χ4n) is 2.79. The highest BCUT2D eigenvalue weighted by Crippen LogP contribution is 2.27. The van der Waals surface area contributed by atoms with E-state index in [0.29, 0.717) is 5.56 Å². The second kappa shape index (κ2) is 5.73. The maximum atomic E-state index is 12.9. The molecule has 0 aliphatic rings. The highest BCUT2D eigenvalue weighted by Gasteiger charge is 2.22. The van der Waals surface area contributed by atoms with Crippen molar-refractivity contribution in [3.8, 4) is 11.3 Å². The Kier molecular flexibility index (Phi) is 4.30. The molecule has 2 N–H and O–H groups in total. The predicted octanol–water partition coefficient (Wildman–Crippen LogP) is 3.91. The summed E-state index contributed by atoms with van der Waals surface area (Å²) in [5, 5.41) is 0. The maximum Gasteiger partial charge on any atom is 0.256 e. The van der Waals surface area contributed by atoms with Gasteiger partial charge in [0.05, 0.1) is 5.69 Å². The van der Waals surface area contributed by atoms with Gasteiger partial charge in [-0.25, -0.2) is 0 Å². The SMILES string of the molecule is Cc1ccc(C)c(-c2ccc(C(C)(C)N)c(=O)n2C(C)C)c1. The molecule has 0 saturated heterocycles. The van der Waals surface area contributed by atoms with Gasteiger partial charge >= 0.3 is 0 Å². The molecule has 1 aromatic heterocycles. The van der Waals surface area contributed by atoms with Crippen molar-refractivity contribution in [2.24, 2.45) is 5.73 Å². The Labute approximate surface area is 132 Å². The molecule has 1 aromatic carbocycles. The highest BCUT2D eigenvalue weighted by molar-refractivity contribution is 5.65. The number of aromatic nitrogens is 1. The van der Waals surface area contributed by atoms with E-state index in [2.05, 4.69) is 32.0 Å². The molecule has 0 saturated carbocycles. The molecular formula is C19H26N2O. The number of aryl methyl sites for hydroxylation is 2. The fraction of sp³-hybridized carbons (Fsp3) is 0.421. The highest BCUT2D eigenvalue weighted by atomic mass is 16.1. The van der Waals surface area contributed by atoms with Crippen molar-refractivity contribution in [3.63, 3.8) is 0 Å². The van der Waals surface area contributed by atoms with Crippen molar-refractivity contribution >= 4 is 0 Å². The van der Waals surface area contributed by atoms with E-state index < -0.39 is 5.54 Å². The quantitative estimate of drug-likeness (QED) is 0.934. The average molecular weight is 298 g/mol. The standard InChI is InChI=1S/C19H26N2O/c1-12(2)21-17(15-11-13(3)7-8-14(15)4)10-9-16(18(21)22)19(5,6)20/h7-12H,20H2,1-6H3. The van der Waals surface area contributed by atoms with Crippen molar-refractivity contribution in [1.29, 1.82) is 0 Å². The van der Waals surface area contributed by atoms with Crippen LogP contribution in [0.5, 0.6) is 0 Å². The number of hydrogen-bond donors (Lipinski definition) is 1. The van der Waals surface area contributed by atoms with E-state index in [-0.39, 0.29) is 11.6 Å². The van der Waals surface area contributed by atoms with E-state index in [4.69, 9.17) is 5.73 Å². The van der Waals surface area contributed by atoms with Crippen LogP contribution in [0.25, 0.3) is 11.3 Å². The van der Waals surface area contributed by atoms with Gasteiger partial charge in [-0.1, -0.05) is 17.7 Å². The number of pyridine rings is 1. The molecule has 0 atom stereocenters. The lowest BCUT2D eigenvalue weighted by Crippen LogP contribution is -2.38. The summed E-state index contributed by atoms with van der Waals surface area (Å²) in [5.74, 6) is 0. The van der Waals surface area contributed by atoms with Crippen molar-refractivity contribution in [2.75, 3.05) is 0 Å². The van der Waals surface area contributed by atoms with Crippen LogP contribution in [-0.4, -0.2) is 4.57 Å². The second-order valence-electron chi connectivity index (χ2n) is 6.94. The van der Waals surface area contributed by atoms with Crippen LogP contribution in [0.4, 0.5) is 0 Å². The van der Waals surface area contributed by atoms with Crippen molar-refractivity contribution in [1.82, 2.24) is 4.57 Å². The van der Waals surface area contributed by atoms with Crippen LogP contribution in [0.2, 0.25) is 0 Å². The van der Waals surface area contributed by atoms with E-state index in [0.717, 1.165) is 11.3 Å². The molecule has 2 aromatic rings. The van der Waals surface area contributed by atoms with Crippen LogP contribution in [0, 0.1) is 13.8 Å². The van der Waals surface area contributed by atoms with E-state index in [1.54, 1.807) is 0 Å². The normalized spacial score (nSPS) is 12.0. The second-order valence-corrected chi connectivity index (χ2v) is 6.94. The van der Waals surface area contributed by atoms with Gasteiger partial charge < -0.3 is 10.3 Å². The maximum absolute atomic E-state index is 12.9. The van der Waals surface area contributed by atoms with Crippen LogP contribution < -0.4 is 11.3 Å². The number of nitrogens with two attached hydrogens (primary N) is 1. The number of nitrogens with zero attached hydrogens (tertiary/aromatic N) is 1. The third-order valence-electron chi connectivity index (χ3n) is 4.00. The molecule has 0 unspecified atom stereocenters. The third-order valence-corrected chi connectivity index (χ3v) is 4.00. The minimum Gasteiger partial charge on any atom is -0.322 e. The molecule has 0 bridgehead atoms. The van der Waals surface area contributed by atoms with Crippen LogP contribution in [0.3, 0.4) is 0 Å². The third kappa shape index (κ3) is 3.00. The van der Waals surface area contributed by atoms with Crippen LogP contribution in [-0.2, 0) is 5.54 Å². The summed E-state index contributed by atoms with van der Waals surface area (Å²) >= 11 is 0. The molecule has 0 radical (unpaired) electrons. The monoisotopic (exact) mass is 298 g/mol. The average Bonchev–Trinajstić information content (AvgIpc) is 2.39. The van der Waals surface area contributed by atoms with Gasteiger partial charge in [0.25, 0.3) is 5.56 Å². The number of hydrogen-bond acceptors (Lipinski definition) is 2. The van der Waals surface area contributed by atoms with Crippen molar-refractivity contribution in [2.45, 2.75) is 53.1 Å². The largest absolute Gasteiger partial charge is 0.322 e. The van der Waals surface area contributed by atoms with Gasteiger partial charge in [-0.2, -0.15) is 0 Å². The topological polar surface area (TPSA) is 48.0 Å². The molecule has 3 heteroatoms. The van der Waals surface area contributed by atoms with E-state index in [1.165, 1.54) is 11.1 Å². The first-order chi connectivity index (χ1) is 10.1. The number of benzene rings is 1. The molecule has 118 valence electrons. The van der Waals surface area contributed by atoms with E-state index in [9.17, 15) is 4.79 Å². The first kappa shape index (κ1) is 16.5. The zero-order valence-electron chi connectivity index (χ0n) is 14.4. The summed E-state index contributed by atoms with van der Waals surface area (Å²) in [6.07, 6.45) is 0. The van der Waals surface area contributed by atoms with Gasteiger partial charge in [0.2, 0.25) is 0 Å². The Balaban J connectivity index is 2.81. The molecule has 0 amide bonds. The van der Waals surface area contributed by atoms with Gasteiger partial charge in [-0.05, 0) is 65.3 Å². The zero-order chi connectivity index (χ0) is 16.7. The van der Waals surface area contributed by atoms with Crippen molar-refractivity contribution in [3.05, 3.63) is 57.4 Å². The molecular weight excluding hydrogens is 272 g/mol. The number of rotatable bonds is 3. The van der Waals surface area contributed by atoms with Crippen LogP contribution >= 0.6 is 0 Å². The molecule has 2 rings (SSSR count). The lowest BCUT2D eigenvalue weighted by Gasteiger charge is -2.24. The Morgan fingerprint density at radius 2 is 1.73 bits per heavy atom.